The van der Waals surface area contributed by atoms with Gasteiger partial charge < -0.3 is 4.74 Å². The highest BCUT2D eigenvalue weighted by Gasteiger charge is 2.18. The number of piperidine rings is 1. The van der Waals surface area contributed by atoms with Gasteiger partial charge in [-0.25, -0.2) is 0 Å². The van der Waals surface area contributed by atoms with E-state index in [2.05, 4.69) is 11.8 Å². The van der Waals surface area contributed by atoms with Crippen LogP contribution in [0.5, 0.6) is 5.75 Å². The average molecular weight is 278 g/mol. The van der Waals surface area contributed by atoms with Gasteiger partial charge in [0.2, 0.25) is 0 Å². The second-order valence-electron chi connectivity index (χ2n) is 5.62. The van der Waals surface area contributed by atoms with Crippen LogP contribution in [0.2, 0.25) is 0 Å². The van der Waals surface area contributed by atoms with Crippen molar-refractivity contribution >= 4 is 5.69 Å². The third-order valence-electron chi connectivity index (χ3n) is 3.72. The molecule has 1 heterocycles. The number of hydrogen-bond donors (Lipinski definition) is 0. The summed E-state index contributed by atoms with van der Waals surface area (Å²) < 4.78 is 5.61. The number of nitrogens with zero attached hydrogens (tertiary/aromatic N) is 2. The van der Waals surface area contributed by atoms with Crippen molar-refractivity contribution in [2.45, 2.75) is 26.7 Å². The van der Waals surface area contributed by atoms with Crippen LogP contribution in [0, 0.1) is 23.0 Å². The summed E-state index contributed by atoms with van der Waals surface area (Å²) in [6.45, 7) is 7.62. The Kier molecular flexibility index (Phi) is 4.95. The standard InChI is InChI=1S/C15H22N2O3/c1-12-5-6-15(14(10-12)17(18)19)20-9-8-16-7-3-4-13(2)11-16/h5-6,10,13H,3-4,7-9,11H2,1-2H3/t13-/m0/s1. The molecule has 1 atom stereocenters. The molecule has 0 N–H and O–H groups in total. The van der Waals surface area contributed by atoms with Gasteiger partial charge in [-0.15, -0.1) is 0 Å². The van der Waals surface area contributed by atoms with Gasteiger partial charge in [-0.2, -0.15) is 0 Å². The molecular weight excluding hydrogens is 256 g/mol. The number of rotatable bonds is 5. The molecule has 0 saturated carbocycles. The molecular formula is C15H22N2O3. The highest BCUT2D eigenvalue weighted by molar-refractivity contribution is 5.48. The van der Waals surface area contributed by atoms with E-state index >= 15 is 0 Å². The van der Waals surface area contributed by atoms with Gasteiger partial charge >= 0.3 is 5.69 Å². The lowest BCUT2D eigenvalue weighted by atomic mass is 10.0. The molecule has 20 heavy (non-hydrogen) atoms. The van der Waals surface area contributed by atoms with Crippen LogP contribution in [0.3, 0.4) is 0 Å². The predicted molar refractivity (Wildman–Crippen MR) is 78.2 cm³/mol. The first-order chi connectivity index (χ1) is 9.56. The molecule has 5 heteroatoms. The van der Waals surface area contributed by atoms with E-state index in [1.54, 1.807) is 12.1 Å². The lowest BCUT2D eigenvalue weighted by molar-refractivity contribution is -0.385. The number of ether oxygens (including phenoxy) is 1. The van der Waals surface area contributed by atoms with Crippen molar-refractivity contribution < 1.29 is 9.66 Å². The Morgan fingerprint density at radius 2 is 2.30 bits per heavy atom. The Balaban J connectivity index is 1.89. The van der Waals surface area contributed by atoms with Crippen LogP contribution in [0.1, 0.15) is 25.3 Å². The molecule has 1 aromatic rings. The van der Waals surface area contributed by atoms with E-state index in [0.29, 0.717) is 12.4 Å². The van der Waals surface area contributed by atoms with Crippen molar-refractivity contribution in [1.82, 2.24) is 4.90 Å². The number of nitro groups is 1. The molecule has 5 nitrogen and oxygen atoms in total. The normalized spacial score (nSPS) is 19.8. The van der Waals surface area contributed by atoms with Crippen LogP contribution >= 0.6 is 0 Å². The van der Waals surface area contributed by atoms with Crippen molar-refractivity contribution in [3.63, 3.8) is 0 Å². The van der Waals surface area contributed by atoms with E-state index in [-0.39, 0.29) is 10.6 Å². The maximum Gasteiger partial charge on any atom is 0.311 e. The first kappa shape index (κ1) is 14.8. The molecule has 110 valence electrons. The van der Waals surface area contributed by atoms with Gasteiger partial charge in [0.15, 0.2) is 5.75 Å². The van der Waals surface area contributed by atoms with Crippen LogP contribution in [-0.2, 0) is 0 Å². The first-order valence-electron chi connectivity index (χ1n) is 7.16. The van der Waals surface area contributed by atoms with Crippen molar-refractivity contribution in [1.29, 1.82) is 0 Å². The summed E-state index contributed by atoms with van der Waals surface area (Å²) in [6, 6.07) is 5.08. The van der Waals surface area contributed by atoms with Gasteiger partial charge in [-0.05, 0) is 43.9 Å². The molecule has 0 aliphatic carbocycles. The van der Waals surface area contributed by atoms with E-state index in [0.717, 1.165) is 31.1 Å². The zero-order valence-corrected chi connectivity index (χ0v) is 12.2. The van der Waals surface area contributed by atoms with Crippen molar-refractivity contribution in [2.75, 3.05) is 26.2 Å². The lowest BCUT2D eigenvalue weighted by Crippen LogP contribution is -2.37. The minimum atomic E-state index is -0.384. The van der Waals surface area contributed by atoms with Crippen molar-refractivity contribution in [2.24, 2.45) is 5.92 Å². The number of nitro benzene ring substituents is 1. The fraction of sp³-hybridized carbons (Fsp3) is 0.600. The lowest BCUT2D eigenvalue weighted by Gasteiger charge is -2.30. The zero-order chi connectivity index (χ0) is 14.5. The fourth-order valence-electron chi connectivity index (χ4n) is 2.67. The molecule has 0 spiro atoms. The summed E-state index contributed by atoms with van der Waals surface area (Å²) >= 11 is 0. The molecule has 1 saturated heterocycles. The molecule has 0 amide bonds. The van der Waals surface area contributed by atoms with E-state index in [1.807, 2.05) is 13.0 Å². The van der Waals surface area contributed by atoms with Crippen molar-refractivity contribution in [3.05, 3.63) is 33.9 Å². The summed E-state index contributed by atoms with van der Waals surface area (Å²) in [4.78, 5) is 13.0. The molecule has 1 fully saturated rings. The summed E-state index contributed by atoms with van der Waals surface area (Å²) in [7, 11) is 0. The SMILES string of the molecule is Cc1ccc(OCCN2CCC[C@H](C)C2)c([N+](=O)[O-])c1. The summed E-state index contributed by atoms with van der Waals surface area (Å²) in [5, 5.41) is 11.0. The fourth-order valence-corrected chi connectivity index (χ4v) is 2.67. The third-order valence-corrected chi connectivity index (χ3v) is 3.72. The summed E-state index contributed by atoms with van der Waals surface area (Å²) in [6.07, 6.45) is 2.52. The van der Waals surface area contributed by atoms with Crippen LogP contribution in [0.25, 0.3) is 0 Å². The molecule has 0 radical (unpaired) electrons. The monoisotopic (exact) mass is 278 g/mol. The molecule has 0 aromatic heterocycles. The van der Waals surface area contributed by atoms with E-state index < -0.39 is 0 Å². The highest BCUT2D eigenvalue weighted by Crippen LogP contribution is 2.27. The van der Waals surface area contributed by atoms with Gasteiger partial charge in [0.1, 0.15) is 6.61 Å². The van der Waals surface area contributed by atoms with Gasteiger partial charge in [0, 0.05) is 19.2 Å². The predicted octanol–water partition coefficient (Wildman–Crippen LogP) is 3.01. The molecule has 1 aliphatic heterocycles. The average Bonchev–Trinajstić information content (AvgIpc) is 2.40. The van der Waals surface area contributed by atoms with E-state index in [1.165, 1.54) is 12.8 Å². The molecule has 0 bridgehead atoms. The number of aryl methyl sites for hydroxylation is 1. The van der Waals surface area contributed by atoms with Crippen LogP contribution in [-0.4, -0.2) is 36.1 Å². The largest absolute Gasteiger partial charge is 0.485 e. The topological polar surface area (TPSA) is 55.6 Å². The number of likely N-dealkylation sites (tertiary alicyclic amines) is 1. The number of benzene rings is 1. The second kappa shape index (κ2) is 6.70. The summed E-state index contributed by atoms with van der Waals surface area (Å²) in [5.41, 5.74) is 0.922. The Hall–Kier alpha value is -1.62. The first-order valence-corrected chi connectivity index (χ1v) is 7.16. The molecule has 2 rings (SSSR count). The Labute approximate surface area is 119 Å². The van der Waals surface area contributed by atoms with E-state index in [9.17, 15) is 10.1 Å². The maximum absolute atomic E-state index is 11.0. The number of hydrogen-bond acceptors (Lipinski definition) is 4. The zero-order valence-electron chi connectivity index (χ0n) is 12.2. The Morgan fingerprint density at radius 3 is 3.00 bits per heavy atom. The third kappa shape index (κ3) is 3.93. The molecule has 1 aliphatic rings. The second-order valence-corrected chi connectivity index (χ2v) is 5.62. The van der Waals surface area contributed by atoms with Crippen LogP contribution in [0.15, 0.2) is 18.2 Å². The minimum Gasteiger partial charge on any atom is -0.485 e. The summed E-state index contributed by atoms with van der Waals surface area (Å²) in [5.74, 6) is 1.10. The Morgan fingerprint density at radius 1 is 1.50 bits per heavy atom. The molecule has 1 aromatic carbocycles. The maximum atomic E-state index is 11.0. The highest BCUT2D eigenvalue weighted by atomic mass is 16.6. The van der Waals surface area contributed by atoms with Gasteiger partial charge in [0.05, 0.1) is 4.92 Å². The van der Waals surface area contributed by atoms with Crippen LogP contribution < -0.4 is 4.74 Å². The van der Waals surface area contributed by atoms with Gasteiger partial charge in [-0.3, -0.25) is 15.0 Å². The quantitative estimate of drug-likeness (QED) is 0.613. The van der Waals surface area contributed by atoms with Crippen LogP contribution in [0.4, 0.5) is 5.69 Å². The minimum absolute atomic E-state index is 0.0528. The Bertz CT molecular complexity index is 476. The smallest absolute Gasteiger partial charge is 0.311 e. The van der Waals surface area contributed by atoms with Crippen molar-refractivity contribution in [3.8, 4) is 5.75 Å². The van der Waals surface area contributed by atoms with Gasteiger partial charge in [-0.1, -0.05) is 13.0 Å². The van der Waals surface area contributed by atoms with E-state index in [4.69, 9.17) is 4.74 Å². The van der Waals surface area contributed by atoms with Gasteiger partial charge in [0.25, 0.3) is 0 Å². The molecule has 0 unspecified atom stereocenters.